The molecule has 3 amide bonds. The summed E-state index contributed by atoms with van der Waals surface area (Å²) in [5, 5.41) is 1.75. The van der Waals surface area contributed by atoms with Gasteiger partial charge in [0, 0.05) is 18.8 Å². The van der Waals surface area contributed by atoms with E-state index in [1.165, 1.54) is 0 Å². The Balaban J connectivity index is 2.33. The molecule has 6 heteroatoms. The number of nitrogens with one attached hydrogen (secondary N) is 1. The number of hydrogen-bond donors (Lipinski definition) is 2. The number of imide groups is 1. The van der Waals surface area contributed by atoms with Crippen molar-refractivity contribution in [3.63, 3.8) is 0 Å². The van der Waals surface area contributed by atoms with Crippen molar-refractivity contribution in [2.24, 2.45) is 11.7 Å². The molecule has 12 heavy (non-hydrogen) atoms. The molecule has 0 unspecified atom stereocenters. The van der Waals surface area contributed by atoms with Crippen LogP contribution in [0.15, 0.2) is 0 Å². The van der Waals surface area contributed by atoms with Crippen molar-refractivity contribution in [2.75, 3.05) is 0 Å². The molecule has 1 fully saturated rings. The maximum absolute atomic E-state index is 12.2. The number of nitrogens with two attached hydrogens (primary N) is 1. The van der Waals surface area contributed by atoms with Crippen LogP contribution in [0.4, 0.5) is 13.6 Å². The molecule has 1 rings (SSSR count). The second kappa shape index (κ2) is 2.69. The molecule has 0 radical (unpaired) electrons. The minimum atomic E-state index is -2.75. The van der Waals surface area contributed by atoms with Crippen LogP contribution in [0.2, 0.25) is 0 Å². The number of carbonyl (C=O) groups is 2. The third kappa shape index (κ3) is 1.90. The summed E-state index contributed by atoms with van der Waals surface area (Å²) >= 11 is 0. The summed E-state index contributed by atoms with van der Waals surface area (Å²) in [5.74, 6) is -4.24. The lowest BCUT2D eigenvalue weighted by Crippen LogP contribution is -2.47. The van der Waals surface area contributed by atoms with Crippen LogP contribution in [0.25, 0.3) is 0 Å². The van der Waals surface area contributed by atoms with Crippen molar-refractivity contribution in [2.45, 2.75) is 18.8 Å². The van der Waals surface area contributed by atoms with E-state index in [9.17, 15) is 18.4 Å². The van der Waals surface area contributed by atoms with E-state index in [1.54, 1.807) is 5.32 Å². The maximum Gasteiger partial charge on any atom is 0.318 e. The molecule has 1 saturated carbocycles. The summed E-state index contributed by atoms with van der Waals surface area (Å²) in [6.45, 7) is 0. The Morgan fingerprint density at radius 1 is 1.42 bits per heavy atom. The van der Waals surface area contributed by atoms with E-state index in [-0.39, 0.29) is 0 Å². The fraction of sp³-hybridized carbons (Fsp3) is 0.667. The summed E-state index contributed by atoms with van der Waals surface area (Å²) in [6.07, 6.45) is -0.988. The number of rotatable bonds is 1. The lowest BCUT2D eigenvalue weighted by Gasteiger charge is -2.33. The number of urea groups is 1. The van der Waals surface area contributed by atoms with Crippen LogP contribution < -0.4 is 11.1 Å². The summed E-state index contributed by atoms with van der Waals surface area (Å²) < 4.78 is 24.4. The lowest BCUT2D eigenvalue weighted by atomic mass is 9.81. The molecule has 0 atom stereocenters. The van der Waals surface area contributed by atoms with Crippen molar-refractivity contribution in [3.8, 4) is 0 Å². The summed E-state index contributed by atoms with van der Waals surface area (Å²) in [6, 6.07) is -1.00. The van der Waals surface area contributed by atoms with Gasteiger partial charge >= 0.3 is 6.03 Å². The summed E-state index contributed by atoms with van der Waals surface area (Å²) in [5.41, 5.74) is 4.62. The molecule has 0 saturated heterocycles. The van der Waals surface area contributed by atoms with Crippen LogP contribution in [-0.4, -0.2) is 17.9 Å². The fourth-order valence-electron chi connectivity index (χ4n) is 1.07. The zero-order valence-electron chi connectivity index (χ0n) is 6.14. The van der Waals surface area contributed by atoms with Gasteiger partial charge in [0.1, 0.15) is 0 Å². The Kier molecular flexibility index (Phi) is 1.99. The largest absolute Gasteiger partial charge is 0.351 e. The second-order valence-electron chi connectivity index (χ2n) is 2.81. The van der Waals surface area contributed by atoms with Crippen LogP contribution in [0.5, 0.6) is 0 Å². The number of amides is 3. The average molecular weight is 178 g/mol. The standard InChI is InChI=1S/C6H8F2N2O2/c7-6(8)1-3(2-6)4(11)10-5(9)12/h3H,1-2H2,(H3,9,10,11,12). The van der Waals surface area contributed by atoms with E-state index in [1.807, 2.05) is 0 Å². The third-order valence-corrected chi connectivity index (χ3v) is 1.71. The van der Waals surface area contributed by atoms with Crippen LogP contribution in [-0.2, 0) is 4.79 Å². The number of halogens is 2. The molecule has 1 aliphatic rings. The fourth-order valence-corrected chi connectivity index (χ4v) is 1.07. The molecule has 68 valence electrons. The van der Waals surface area contributed by atoms with Crippen molar-refractivity contribution < 1.29 is 18.4 Å². The highest BCUT2D eigenvalue weighted by molar-refractivity contribution is 5.95. The zero-order chi connectivity index (χ0) is 9.35. The average Bonchev–Trinajstić information content (AvgIpc) is 1.80. The molecular weight excluding hydrogens is 170 g/mol. The molecule has 0 aromatic heterocycles. The predicted molar refractivity (Wildman–Crippen MR) is 35.4 cm³/mol. The van der Waals surface area contributed by atoms with Gasteiger partial charge in [-0.1, -0.05) is 0 Å². The van der Waals surface area contributed by atoms with Crippen molar-refractivity contribution in [1.29, 1.82) is 0 Å². The molecule has 0 aliphatic heterocycles. The maximum atomic E-state index is 12.2. The first-order valence-electron chi connectivity index (χ1n) is 3.39. The molecule has 0 heterocycles. The van der Waals surface area contributed by atoms with Gasteiger partial charge in [0.25, 0.3) is 0 Å². The minimum absolute atomic E-state index is 0.494. The van der Waals surface area contributed by atoms with Gasteiger partial charge in [-0.2, -0.15) is 0 Å². The molecular formula is C6H8F2N2O2. The molecule has 4 nitrogen and oxygen atoms in total. The Morgan fingerprint density at radius 3 is 2.25 bits per heavy atom. The highest BCUT2D eigenvalue weighted by Gasteiger charge is 2.48. The molecule has 1 aliphatic carbocycles. The highest BCUT2D eigenvalue weighted by Crippen LogP contribution is 2.42. The van der Waals surface area contributed by atoms with E-state index >= 15 is 0 Å². The molecule has 0 aromatic rings. The first kappa shape index (κ1) is 8.89. The Bertz CT molecular complexity index is 222. The van der Waals surface area contributed by atoms with Gasteiger partial charge in [0.2, 0.25) is 11.8 Å². The Labute approximate surface area is 67.1 Å². The summed E-state index contributed by atoms with van der Waals surface area (Å²) in [7, 11) is 0. The minimum Gasteiger partial charge on any atom is -0.351 e. The normalized spacial score (nSPS) is 21.2. The van der Waals surface area contributed by atoms with E-state index in [4.69, 9.17) is 0 Å². The smallest absolute Gasteiger partial charge is 0.318 e. The third-order valence-electron chi connectivity index (χ3n) is 1.71. The van der Waals surface area contributed by atoms with Gasteiger partial charge in [-0.05, 0) is 0 Å². The Morgan fingerprint density at radius 2 is 1.92 bits per heavy atom. The lowest BCUT2D eigenvalue weighted by molar-refractivity contribution is -0.149. The monoisotopic (exact) mass is 178 g/mol. The van der Waals surface area contributed by atoms with Crippen LogP contribution in [0.3, 0.4) is 0 Å². The topological polar surface area (TPSA) is 72.2 Å². The van der Waals surface area contributed by atoms with E-state index < -0.39 is 36.6 Å². The quantitative estimate of drug-likeness (QED) is 0.603. The second-order valence-corrected chi connectivity index (χ2v) is 2.81. The van der Waals surface area contributed by atoms with Gasteiger partial charge in [0.05, 0.1) is 0 Å². The SMILES string of the molecule is NC(=O)NC(=O)C1CC(F)(F)C1. The van der Waals surface area contributed by atoms with E-state index in [0.717, 1.165) is 0 Å². The highest BCUT2D eigenvalue weighted by atomic mass is 19.3. The van der Waals surface area contributed by atoms with Crippen LogP contribution >= 0.6 is 0 Å². The molecule has 0 spiro atoms. The number of carbonyl (C=O) groups excluding carboxylic acids is 2. The van der Waals surface area contributed by atoms with E-state index in [2.05, 4.69) is 5.73 Å². The van der Waals surface area contributed by atoms with Crippen LogP contribution in [0, 0.1) is 5.92 Å². The number of alkyl halides is 2. The zero-order valence-corrected chi connectivity index (χ0v) is 6.14. The number of hydrogen-bond acceptors (Lipinski definition) is 2. The van der Waals surface area contributed by atoms with Gasteiger partial charge in [0.15, 0.2) is 0 Å². The van der Waals surface area contributed by atoms with Gasteiger partial charge in [-0.3, -0.25) is 10.1 Å². The number of primary amides is 1. The van der Waals surface area contributed by atoms with Crippen molar-refractivity contribution >= 4 is 11.9 Å². The Hall–Kier alpha value is -1.20. The van der Waals surface area contributed by atoms with Crippen molar-refractivity contribution in [3.05, 3.63) is 0 Å². The van der Waals surface area contributed by atoms with Crippen LogP contribution in [0.1, 0.15) is 12.8 Å². The first-order chi connectivity index (χ1) is 5.41. The van der Waals surface area contributed by atoms with Crippen molar-refractivity contribution in [1.82, 2.24) is 5.32 Å². The molecule has 0 aromatic carbocycles. The predicted octanol–water partition coefficient (Wildman–Crippen LogP) is 0.227. The van der Waals surface area contributed by atoms with Gasteiger partial charge in [-0.15, -0.1) is 0 Å². The first-order valence-corrected chi connectivity index (χ1v) is 3.39. The van der Waals surface area contributed by atoms with E-state index in [0.29, 0.717) is 0 Å². The summed E-state index contributed by atoms with van der Waals surface area (Å²) in [4.78, 5) is 20.9. The van der Waals surface area contributed by atoms with Gasteiger partial charge in [-0.25, -0.2) is 13.6 Å². The molecule has 0 bridgehead atoms. The molecule has 3 N–H and O–H groups in total. The van der Waals surface area contributed by atoms with Gasteiger partial charge < -0.3 is 5.73 Å².